The molecule has 5 rings (SSSR count). The molecule has 1 aliphatic rings. The smallest absolute Gasteiger partial charge is 0.414 e. The first-order valence-electron chi connectivity index (χ1n) is 10.7. The summed E-state index contributed by atoms with van der Waals surface area (Å²) in [6.45, 7) is 3.76. The van der Waals surface area contributed by atoms with E-state index in [1.807, 2.05) is 53.4 Å². The van der Waals surface area contributed by atoms with Crippen molar-refractivity contribution in [2.75, 3.05) is 26.2 Å². The van der Waals surface area contributed by atoms with Crippen LogP contribution in [0.1, 0.15) is 16.2 Å². The Morgan fingerprint density at radius 3 is 2.34 bits per heavy atom. The number of hydrogen-bond donors (Lipinski definition) is 3. The average Bonchev–Trinajstić information content (AvgIpc) is 3.54. The second-order valence-corrected chi connectivity index (χ2v) is 7.68. The Kier molecular flexibility index (Phi) is 7.07. The Morgan fingerprint density at radius 1 is 0.943 bits per heavy atom. The van der Waals surface area contributed by atoms with E-state index < -0.39 is 11.9 Å². The van der Waals surface area contributed by atoms with Gasteiger partial charge in [0.05, 0.1) is 23.3 Å². The third-order valence-corrected chi connectivity index (χ3v) is 5.36. The van der Waals surface area contributed by atoms with Crippen molar-refractivity contribution in [3.63, 3.8) is 0 Å². The van der Waals surface area contributed by atoms with Crippen LogP contribution in [-0.4, -0.2) is 94.2 Å². The lowest BCUT2D eigenvalue weighted by Crippen LogP contribution is -2.48. The number of carbonyl (C=O) groups excluding carboxylic acids is 1. The number of carbonyl (C=O) groups is 3. The highest BCUT2D eigenvalue weighted by Crippen LogP contribution is 2.15. The predicted octanol–water partition coefficient (Wildman–Crippen LogP) is 0.652. The Balaban J connectivity index is 0.000000431. The molecule has 13 heteroatoms. The molecule has 0 atom stereocenters. The highest BCUT2D eigenvalue weighted by molar-refractivity contribution is 6.27. The molecule has 35 heavy (non-hydrogen) atoms. The Hall–Kier alpha value is -4.65. The maximum atomic E-state index is 12.9. The highest BCUT2D eigenvalue weighted by Gasteiger charge is 2.23. The molecule has 0 saturated carbocycles. The summed E-state index contributed by atoms with van der Waals surface area (Å²) in [5.74, 6) is -2.66. The van der Waals surface area contributed by atoms with Crippen LogP contribution < -0.4 is 0 Å². The van der Waals surface area contributed by atoms with Crippen molar-refractivity contribution in [3.05, 3.63) is 66.2 Å². The van der Waals surface area contributed by atoms with Gasteiger partial charge in [-0.25, -0.2) is 19.3 Å². The van der Waals surface area contributed by atoms with Crippen LogP contribution in [0.25, 0.3) is 16.7 Å². The van der Waals surface area contributed by atoms with Gasteiger partial charge in [-0.05, 0) is 40.8 Å². The molecule has 0 spiro atoms. The molecule has 0 radical (unpaired) electrons. The average molecular weight is 478 g/mol. The van der Waals surface area contributed by atoms with E-state index in [0.717, 1.165) is 42.2 Å². The summed E-state index contributed by atoms with van der Waals surface area (Å²) in [5, 5.41) is 25.9. The van der Waals surface area contributed by atoms with Crippen molar-refractivity contribution in [2.45, 2.75) is 6.54 Å². The van der Waals surface area contributed by atoms with Crippen molar-refractivity contribution in [2.24, 2.45) is 0 Å². The molecule has 3 N–H and O–H groups in total. The monoisotopic (exact) mass is 478 g/mol. The third kappa shape index (κ3) is 5.83. The summed E-state index contributed by atoms with van der Waals surface area (Å²) in [6, 6.07) is 15.4. The van der Waals surface area contributed by atoms with E-state index in [1.54, 1.807) is 4.68 Å². The summed E-state index contributed by atoms with van der Waals surface area (Å²) in [7, 11) is 0. The van der Waals surface area contributed by atoms with Gasteiger partial charge in [0.2, 0.25) is 0 Å². The maximum absolute atomic E-state index is 12.9. The molecule has 1 saturated heterocycles. The number of fused-ring (bicyclic) bond motifs is 1. The lowest BCUT2D eigenvalue weighted by molar-refractivity contribution is -0.159. The number of aromatic amines is 1. The molecule has 13 nitrogen and oxygen atoms in total. The van der Waals surface area contributed by atoms with Crippen LogP contribution in [0.4, 0.5) is 0 Å². The molecule has 0 aliphatic carbocycles. The largest absolute Gasteiger partial charge is 0.473 e. The van der Waals surface area contributed by atoms with Gasteiger partial charge in [-0.1, -0.05) is 18.2 Å². The number of carboxylic acids is 2. The standard InChI is InChI=1S/C20H20N8O.C2H2O4/c29-20(15-4-3-5-16(12-15)28-14-21-24-25-28)27-10-8-26(9-11-27)13-19-22-17-6-1-2-7-18(17)23-19;3-1(4)2(5)6/h1-7,12,14H,8-11,13H2,(H,22,23);(H,3,4)(H,5,6). The van der Waals surface area contributed by atoms with Crippen LogP contribution in [0.5, 0.6) is 0 Å². The number of nitrogens with zero attached hydrogens (tertiary/aromatic N) is 7. The number of carboxylic acid groups (broad SMARTS) is 2. The molecule has 1 fully saturated rings. The van der Waals surface area contributed by atoms with Crippen LogP contribution in [0.15, 0.2) is 54.9 Å². The number of hydrogen-bond acceptors (Lipinski definition) is 8. The van der Waals surface area contributed by atoms with Gasteiger partial charge in [-0.3, -0.25) is 9.69 Å². The molecular weight excluding hydrogens is 456 g/mol. The van der Waals surface area contributed by atoms with Gasteiger partial charge in [0.25, 0.3) is 5.91 Å². The molecule has 3 heterocycles. The van der Waals surface area contributed by atoms with E-state index in [2.05, 4.69) is 30.4 Å². The van der Waals surface area contributed by atoms with Gasteiger partial charge in [-0.2, -0.15) is 0 Å². The number of tetrazole rings is 1. The number of H-pyrrole nitrogens is 1. The minimum absolute atomic E-state index is 0.0308. The fourth-order valence-corrected chi connectivity index (χ4v) is 3.65. The second-order valence-electron chi connectivity index (χ2n) is 7.68. The molecule has 1 aliphatic heterocycles. The summed E-state index contributed by atoms with van der Waals surface area (Å²) in [6.07, 6.45) is 1.51. The quantitative estimate of drug-likeness (QED) is 0.354. The number of aromatic nitrogens is 6. The zero-order valence-corrected chi connectivity index (χ0v) is 18.5. The normalized spacial score (nSPS) is 13.8. The molecule has 0 bridgehead atoms. The number of para-hydroxylation sites is 2. The van der Waals surface area contributed by atoms with Crippen molar-refractivity contribution in [3.8, 4) is 5.69 Å². The van der Waals surface area contributed by atoms with E-state index >= 15 is 0 Å². The number of rotatable bonds is 4. The second kappa shape index (κ2) is 10.5. The van der Waals surface area contributed by atoms with Crippen molar-refractivity contribution >= 4 is 28.9 Å². The van der Waals surface area contributed by atoms with Gasteiger partial charge in [0.1, 0.15) is 12.2 Å². The fraction of sp³-hybridized carbons (Fsp3) is 0.227. The first-order valence-corrected chi connectivity index (χ1v) is 10.7. The lowest BCUT2D eigenvalue weighted by Gasteiger charge is -2.34. The zero-order chi connectivity index (χ0) is 24.8. The third-order valence-electron chi connectivity index (χ3n) is 5.36. The van der Waals surface area contributed by atoms with Crippen molar-refractivity contribution < 1.29 is 24.6 Å². The van der Waals surface area contributed by atoms with Crippen LogP contribution in [0.3, 0.4) is 0 Å². The highest BCUT2D eigenvalue weighted by atomic mass is 16.4. The summed E-state index contributed by atoms with van der Waals surface area (Å²) in [5.41, 5.74) is 3.45. The van der Waals surface area contributed by atoms with Gasteiger partial charge < -0.3 is 20.1 Å². The van der Waals surface area contributed by atoms with Crippen LogP contribution >= 0.6 is 0 Å². The van der Waals surface area contributed by atoms with E-state index in [0.29, 0.717) is 18.7 Å². The SMILES string of the molecule is O=C(O)C(=O)O.O=C(c1cccc(-n2cnnn2)c1)N1CCN(Cc2nc3ccccc3[nH]2)CC1. The predicted molar refractivity (Wildman–Crippen MR) is 122 cm³/mol. The lowest BCUT2D eigenvalue weighted by atomic mass is 10.1. The molecule has 4 aromatic rings. The summed E-state index contributed by atoms with van der Waals surface area (Å²) < 4.78 is 1.54. The van der Waals surface area contributed by atoms with Crippen LogP contribution in [0.2, 0.25) is 0 Å². The van der Waals surface area contributed by atoms with Gasteiger partial charge >= 0.3 is 11.9 Å². The number of benzene rings is 2. The number of piperazine rings is 1. The van der Waals surface area contributed by atoms with E-state index in [1.165, 1.54) is 6.33 Å². The number of nitrogens with one attached hydrogen (secondary N) is 1. The van der Waals surface area contributed by atoms with E-state index in [4.69, 9.17) is 19.8 Å². The van der Waals surface area contributed by atoms with Gasteiger partial charge in [0.15, 0.2) is 0 Å². The molecule has 1 amide bonds. The van der Waals surface area contributed by atoms with Crippen molar-refractivity contribution in [1.29, 1.82) is 0 Å². The first-order chi connectivity index (χ1) is 16.9. The van der Waals surface area contributed by atoms with E-state index in [9.17, 15) is 4.79 Å². The first kappa shape index (κ1) is 23.5. The zero-order valence-electron chi connectivity index (χ0n) is 18.5. The summed E-state index contributed by atoms with van der Waals surface area (Å²) >= 11 is 0. The molecule has 2 aromatic heterocycles. The Labute approximate surface area is 198 Å². The molecule has 180 valence electrons. The summed E-state index contributed by atoms with van der Waals surface area (Å²) in [4.78, 5) is 43.4. The maximum Gasteiger partial charge on any atom is 0.414 e. The number of imidazole rings is 1. The topological polar surface area (TPSA) is 170 Å². The van der Waals surface area contributed by atoms with Crippen LogP contribution in [0, 0.1) is 0 Å². The van der Waals surface area contributed by atoms with Gasteiger partial charge in [0, 0.05) is 31.7 Å². The fourth-order valence-electron chi connectivity index (χ4n) is 3.65. The molecule has 2 aromatic carbocycles. The number of amides is 1. The minimum atomic E-state index is -1.82. The van der Waals surface area contributed by atoms with Crippen LogP contribution in [-0.2, 0) is 16.1 Å². The molecule has 0 unspecified atom stereocenters. The molecular formula is C22H22N8O5. The van der Waals surface area contributed by atoms with Crippen molar-refractivity contribution in [1.82, 2.24) is 40.0 Å². The van der Waals surface area contributed by atoms with E-state index in [-0.39, 0.29) is 5.91 Å². The Bertz CT molecular complexity index is 1280. The minimum Gasteiger partial charge on any atom is -0.473 e. The number of aliphatic carboxylic acids is 2. The van der Waals surface area contributed by atoms with Gasteiger partial charge in [-0.15, -0.1) is 5.10 Å². The Morgan fingerprint density at radius 2 is 1.69 bits per heavy atom.